The summed E-state index contributed by atoms with van der Waals surface area (Å²) >= 11 is 0. The maximum atomic E-state index is 11.2. The zero-order chi connectivity index (χ0) is 15.5. The van der Waals surface area contributed by atoms with Crippen LogP contribution in [0.15, 0.2) is 24.3 Å². The van der Waals surface area contributed by atoms with Crippen LogP contribution in [-0.4, -0.2) is 45.8 Å². The van der Waals surface area contributed by atoms with E-state index in [4.69, 9.17) is 0 Å². The first-order chi connectivity index (χ1) is 9.83. The summed E-state index contributed by atoms with van der Waals surface area (Å²) in [5.74, 6) is 0.651. The molecule has 0 amide bonds. The Morgan fingerprint density at radius 2 is 1.86 bits per heavy atom. The largest absolute Gasteiger partial charge is 0.382 e. The van der Waals surface area contributed by atoms with Crippen molar-refractivity contribution < 1.29 is 8.42 Å². The van der Waals surface area contributed by atoms with Crippen molar-refractivity contribution in [2.45, 2.75) is 25.8 Å². The molecule has 0 aliphatic carbocycles. The molecule has 2 N–H and O–H groups in total. The standard InChI is InChI=1S/C15H25N3O2S/c1-12(13-5-4-10-18(2)11-13)16-14-6-8-15(9-7-14)17-21(3,19)20/h6-9,12-13,16-17H,4-5,10-11H2,1-3H3. The Morgan fingerprint density at radius 1 is 1.24 bits per heavy atom. The fraction of sp³-hybridized carbons (Fsp3) is 0.600. The number of hydrogen-bond acceptors (Lipinski definition) is 4. The zero-order valence-corrected chi connectivity index (χ0v) is 13.8. The van der Waals surface area contributed by atoms with Crippen molar-refractivity contribution >= 4 is 21.4 Å². The van der Waals surface area contributed by atoms with Gasteiger partial charge in [0.25, 0.3) is 0 Å². The van der Waals surface area contributed by atoms with Crippen LogP contribution in [0.2, 0.25) is 0 Å². The molecule has 1 fully saturated rings. The van der Waals surface area contributed by atoms with Gasteiger partial charge in [0.1, 0.15) is 0 Å². The van der Waals surface area contributed by atoms with Crippen LogP contribution < -0.4 is 10.0 Å². The minimum atomic E-state index is -3.21. The van der Waals surface area contributed by atoms with E-state index in [1.165, 1.54) is 19.4 Å². The second kappa shape index (κ2) is 6.66. The van der Waals surface area contributed by atoms with Crippen molar-refractivity contribution in [2.75, 3.05) is 36.4 Å². The van der Waals surface area contributed by atoms with E-state index in [9.17, 15) is 8.42 Å². The van der Waals surface area contributed by atoms with Crippen molar-refractivity contribution in [1.29, 1.82) is 0 Å². The number of rotatable bonds is 5. The smallest absolute Gasteiger partial charge is 0.229 e. The van der Waals surface area contributed by atoms with Gasteiger partial charge in [-0.1, -0.05) is 0 Å². The molecule has 1 aromatic rings. The Kier molecular flexibility index (Phi) is 5.11. The summed E-state index contributed by atoms with van der Waals surface area (Å²) < 4.78 is 24.8. The average molecular weight is 311 g/mol. The van der Waals surface area contributed by atoms with E-state index < -0.39 is 10.0 Å². The van der Waals surface area contributed by atoms with Crippen LogP contribution in [0.5, 0.6) is 0 Å². The van der Waals surface area contributed by atoms with Crippen LogP contribution >= 0.6 is 0 Å². The zero-order valence-electron chi connectivity index (χ0n) is 13.0. The summed E-state index contributed by atoms with van der Waals surface area (Å²) in [5, 5.41) is 3.52. The van der Waals surface area contributed by atoms with Gasteiger partial charge in [0.05, 0.1) is 6.26 Å². The van der Waals surface area contributed by atoms with Gasteiger partial charge in [0, 0.05) is 24.0 Å². The SMILES string of the molecule is CC(Nc1ccc(NS(C)(=O)=O)cc1)C1CCCN(C)C1. The molecular formula is C15H25N3O2S. The maximum Gasteiger partial charge on any atom is 0.229 e. The fourth-order valence-corrected chi connectivity index (χ4v) is 3.41. The van der Waals surface area contributed by atoms with Crippen LogP contribution in [0.25, 0.3) is 0 Å². The second-order valence-electron chi connectivity index (χ2n) is 6.05. The summed E-state index contributed by atoms with van der Waals surface area (Å²) in [5.41, 5.74) is 1.61. The number of anilines is 2. The maximum absolute atomic E-state index is 11.2. The molecule has 21 heavy (non-hydrogen) atoms. The Labute approximate surface area is 127 Å². The van der Waals surface area contributed by atoms with Crippen LogP contribution in [0.3, 0.4) is 0 Å². The molecule has 0 radical (unpaired) electrons. The number of sulfonamides is 1. The van der Waals surface area contributed by atoms with Gasteiger partial charge in [-0.15, -0.1) is 0 Å². The van der Waals surface area contributed by atoms with E-state index in [1.54, 1.807) is 12.1 Å². The number of nitrogens with zero attached hydrogens (tertiary/aromatic N) is 1. The van der Waals surface area contributed by atoms with E-state index in [1.807, 2.05) is 12.1 Å². The normalized spacial score (nSPS) is 21.8. The highest BCUT2D eigenvalue weighted by Gasteiger charge is 2.22. The van der Waals surface area contributed by atoms with Gasteiger partial charge in [-0.05, 0) is 63.5 Å². The Morgan fingerprint density at radius 3 is 2.43 bits per heavy atom. The summed E-state index contributed by atoms with van der Waals surface area (Å²) in [7, 11) is -1.04. The van der Waals surface area contributed by atoms with Gasteiger partial charge in [0.15, 0.2) is 0 Å². The molecule has 1 saturated heterocycles. The van der Waals surface area contributed by atoms with Gasteiger partial charge in [-0.3, -0.25) is 4.72 Å². The first-order valence-electron chi connectivity index (χ1n) is 7.36. The first-order valence-corrected chi connectivity index (χ1v) is 9.25. The van der Waals surface area contributed by atoms with E-state index in [2.05, 4.69) is 28.9 Å². The molecule has 118 valence electrons. The Hall–Kier alpha value is -1.27. The predicted octanol–water partition coefficient (Wildman–Crippen LogP) is 2.20. The molecule has 0 spiro atoms. The lowest BCUT2D eigenvalue weighted by Gasteiger charge is -2.34. The van der Waals surface area contributed by atoms with Crippen molar-refractivity contribution in [3.8, 4) is 0 Å². The molecule has 2 rings (SSSR count). The molecule has 0 saturated carbocycles. The molecule has 2 unspecified atom stereocenters. The lowest BCUT2D eigenvalue weighted by molar-refractivity contribution is 0.197. The molecule has 5 nitrogen and oxygen atoms in total. The van der Waals surface area contributed by atoms with E-state index >= 15 is 0 Å². The van der Waals surface area contributed by atoms with Crippen LogP contribution in [0.1, 0.15) is 19.8 Å². The first kappa shape index (κ1) is 16.1. The summed E-state index contributed by atoms with van der Waals surface area (Å²) in [4.78, 5) is 2.38. The molecule has 6 heteroatoms. The van der Waals surface area contributed by atoms with Crippen LogP contribution in [0, 0.1) is 5.92 Å². The van der Waals surface area contributed by atoms with Crippen molar-refractivity contribution in [1.82, 2.24) is 4.90 Å². The van der Waals surface area contributed by atoms with Crippen molar-refractivity contribution in [2.24, 2.45) is 5.92 Å². The van der Waals surface area contributed by atoms with Gasteiger partial charge >= 0.3 is 0 Å². The van der Waals surface area contributed by atoms with Gasteiger partial charge in [-0.2, -0.15) is 0 Å². The third-order valence-electron chi connectivity index (χ3n) is 3.95. The second-order valence-corrected chi connectivity index (χ2v) is 7.80. The number of piperidine rings is 1. The third kappa shape index (κ3) is 5.21. The van der Waals surface area contributed by atoms with Gasteiger partial charge < -0.3 is 10.2 Å². The van der Waals surface area contributed by atoms with E-state index in [0.717, 1.165) is 18.5 Å². The van der Waals surface area contributed by atoms with E-state index in [0.29, 0.717) is 17.6 Å². The molecule has 1 aromatic carbocycles. The van der Waals surface area contributed by atoms with E-state index in [-0.39, 0.29) is 0 Å². The summed E-state index contributed by atoms with van der Waals surface area (Å²) in [6.45, 7) is 4.53. The minimum absolute atomic E-state index is 0.404. The van der Waals surface area contributed by atoms with Crippen LogP contribution in [0.4, 0.5) is 11.4 Å². The topological polar surface area (TPSA) is 61.4 Å². The number of benzene rings is 1. The fourth-order valence-electron chi connectivity index (χ4n) is 2.84. The highest BCUT2D eigenvalue weighted by Crippen LogP contribution is 2.22. The molecular weight excluding hydrogens is 286 g/mol. The Bertz CT molecular complexity index is 557. The quantitative estimate of drug-likeness (QED) is 0.875. The predicted molar refractivity (Wildman–Crippen MR) is 88.2 cm³/mol. The van der Waals surface area contributed by atoms with Gasteiger partial charge in [0.2, 0.25) is 10.0 Å². The van der Waals surface area contributed by atoms with Crippen LogP contribution in [-0.2, 0) is 10.0 Å². The summed E-state index contributed by atoms with van der Waals surface area (Å²) in [6, 6.07) is 7.79. The summed E-state index contributed by atoms with van der Waals surface area (Å²) in [6.07, 6.45) is 3.66. The number of hydrogen-bond donors (Lipinski definition) is 2. The Balaban J connectivity index is 1.93. The monoisotopic (exact) mass is 311 g/mol. The highest BCUT2D eigenvalue weighted by molar-refractivity contribution is 7.92. The minimum Gasteiger partial charge on any atom is -0.382 e. The molecule has 1 aliphatic rings. The molecule has 1 aliphatic heterocycles. The third-order valence-corrected chi connectivity index (χ3v) is 4.56. The number of nitrogens with one attached hydrogen (secondary N) is 2. The van der Waals surface area contributed by atoms with Crippen molar-refractivity contribution in [3.05, 3.63) is 24.3 Å². The van der Waals surface area contributed by atoms with Gasteiger partial charge in [-0.25, -0.2) is 8.42 Å². The lowest BCUT2D eigenvalue weighted by atomic mass is 9.92. The molecule has 2 atom stereocenters. The molecule has 1 heterocycles. The highest BCUT2D eigenvalue weighted by atomic mass is 32.2. The lowest BCUT2D eigenvalue weighted by Crippen LogP contribution is -2.39. The average Bonchev–Trinajstić information content (AvgIpc) is 2.39. The molecule has 0 bridgehead atoms. The van der Waals surface area contributed by atoms with Crippen molar-refractivity contribution in [3.63, 3.8) is 0 Å². The molecule has 0 aromatic heterocycles. The number of likely N-dealkylation sites (tertiary alicyclic amines) is 1.